The fraction of sp³-hybridized carbons (Fsp3) is 0.708. The minimum Gasteiger partial charge on any atom is -0.477 e. The third-order valence-corrected chi connectivity index (χ3v) is 5.43. The molecule has 0 fully saturated rings. The number of aliphatic carboxylic acids is 1. The molecule has 0 saturated carbocycles. The van der Waals surface area contributed by atoms with Gasteiger partial charge in [-0.05, 0) is 24.8 Å². The largest absolute Gasteiger partial charge is 0.477 e. The minimum absolute atomic E-state index is 0.0887. The van der Waals surface area contributed by atoms with Crippen LogP contribution in [-0.2, 0) is 11.2 Å². The van der Waals surface area contributed by atoms with Crippen molar-refractivity contribution in [2.75, 3.05) is 0 Å². The fourth-order valence-corrected chi connectivity index (χ4v) is 3.57. The van der Waals surface area contributed by atoms with Crippen molar-refractivity contribution in [3.63, 3.8) is 0 Å². The number of aryl methyl sites for hydroxylation is 1. The van der Waals surface area contributed by atoms with Crippen molar-refractivity contribution in [2.24, 2.45) is 0 Å². The van der Waals surface area contributed by atoms with Gasteiger partial charge in [-0.1, -0.05) is 107 Å². The van der Waals surface area contributed by atoms with Gasteiger partial charge in [0.2, 0.25) is 0 Å². The van der Waals surface area contributed by atoms with E-state index in [0.717, 1.165) is 19.3 Å². The first kappa shape index (κ1) is 24.6. The van der Waals surface area contributed by atoms with E-state index in [2.05, 4.69) is 30.3 Å². The van der Waals surface area contributed by atoms with E-state index in [9.17, 15) is 15.0 Å². The number of hydrogen-bond donors (Lipinski definition) is 3. The monoisotopic (exact) mass is 392 g/mol. The highest BCUT2D eigenvalue weighted by Gasteiger charge is 2.31. The lowest BCUT2D eigenvalue weighted by molar-refractivity contribution is -0.205. The summed E-state index contributed by atoms with van der Waals surface area (Å²) < 4.78 is 0. The smallest absolute Gasteiger partial charge is 0.364 e. The molecule has 4 heteroatoms. The van der Waals surface area contributed by atoms with Crippen LogP contribution in [0.4, 0.5) is 0 Å². The Morgan fingerprint density at radius 1 is 0.643 bits per heavy atom. The molecule has 0 atom stereocenters. The Kier molecular flexibility index (Phi) is 13.7. The molecule has 0 aliphatic carbocycles. The lowest BCUT2D eigenvalue weighted by Crippen LogP contribution is -2.37. The topological polar surface area (TPSA) is 77.8 Å². The Morgan fingerprint density at radius 3 is 1.46 bits per heavy atom. The summed E-state index contributed by atoms with van der Waals surface area (Å²) in [5, 5.41) is 27.0. The summed E-state index contributed by atoms with van der Waals surface area (Å²) in [7, 11) is 0. The molecule has 0 heterocycles. The molecule has 0 aliphatic heterocycles. The number of unbranched alkanes of at least 4 members (excludes halogenated alkanes) is 13. The zero-order valence-corrected chi connectivity index (χ0v) is 17.5. The van der Waals surface area contributed by atoms with Crippen LogP contribution in [0.15, 0.2) is 30.3 Å². The Bertz CT molecular complexity index is 499. The third kappa shape index (κ3) is 12.9. The number of carboxylic acid groups (broad SMARTS) is 1. The average molecular weight is 393 g/mol. The molecule has 0 aliphatic rings. The van der Waals surface area contributed by atoms with Gasteiger partial charge in [0.1, 0.15) is 0 Å². The first-order chi connectivity index (χ1) is 13.5. The van der Waals surface area contributed by atoms with Gasteiger partial charge in [-0.3, -0.25) is 0 Å². The first-order valence-electron chi connectivity index (χ1n) is 11.2. The lowest BCUT2D eigenvalue weighted by Gasteiger charge is -2.15. The highest BCUT2D eigenvalue weighted by atomic mass is 16.5. The van der Waals surface area contributed by atoms with Crippen LogP contribution in [0.5, 0.6) is 0 Å². The minimum atomic E-state index is -2.55. The van der Waals surface area contributed by atoms with Gasteiger partial charge in [0.05, 0.1) is 0 Å². The van der Waals surface area contributed by atoms with Crippen LogP contribution in [0.3, 0.4) is 0 Å². The molecule has 0 saturated heterocycles. The summed E-state index contributed by atoms with van der Waals surface area (Å²) in [5.41, 5.74) is 1.46. The Balaban J connectivity index is 1.76. The van der Waals surface area contributed by atoms with Crippen LogP contribution in [0.25, 0.3) is 0 Å². The van der Waals surface area contributed by atoms with Gasteiger partial charge < -0.3 is 15.3 Å². The van der Waals surface area contributed by atoms with E-state index in [1.165, 1.54) is 76.2 Å². The molecule has 0 radical (unpaired) electrons. The molecule has 0 aromatic heterocycles. The van der Waals surface area contributed by atoms with Crippen molar-refractivity contribution in [2.45, 2.75) is 109 Å². The molecule has 4 nitrogen and oxygen atoms in total. The number of aliphatic hydroxyl groups is 2. The number of hydrogen-bond acceptors (Lipinski definition) is 3. The summed E-state index contributed by atoms with van der Waals surface area (Å²) >= 11 is 0. The van der Waals surface area contributed by atoms with E-state index in [1.807, 2.05) is 0 Å². The van der Waals surface area contributed by atoms with Crippen LogP contribution in [-0.4, -0.2) is 27.1 Å². The van der Waals surface area contributed by atoms with E-state index in [4.69, 9.17) is 5.11 Å². The van der Waals surface area contributed by atoms with Crippen LogP contribution in [0.1, 0.15) is 102 Å². The molecule has 0 bridgehead atoms. The van der Waals surface area contributed by atoms with Crippen molar-refractivity contribution >= 4 is 5.97 Å². The third-order valence-electron chi connectivity index (χ3n) is 5.43. The summed E-state index contributed by atoms with van der Waals surface area (Å²) in [6, 6.07) is 10.7. The van der Waals surface area contributed by atoms with Gasteiger partial charge >= 0.3 is 5.97 Å². The average Bonchev–Trinajstić information content (AvgIpc) is 2.68. The van der Waals surface area contributed by atoms with E-state index in [0.29, 0.717) is 6.42 Å². The van der Waals surface area contributed by atoms with Gasteiger partial charge in [-0.15, -0.1) is 0 Å². The van der Waals surface area contributed by atoms with Crippen molar-refractivity contribution in [3.8, 4) is 0 Å². The van der Waals surface area contributed by atoms with Crippen LogP contribution < -0.4 is 0 Å². The normalized spacial score (nSPS) is 11.6. The molecule has 3 N–H and O–H groups in total. The molecule has 1 aromatic carbocycles. The van der Waals surface area contributed by atoms with Crippen molar-refractivity contribution in [1.82, 2.24) is 0 Å². The van der Waals surface area contributed by atoms with Gasteiger partial charge in [-0.2, -0.15) is 0 Å². The van der Waals surface area contributed by atoms with Crippen LogP contribution >= 0.6 is 0 Å². The maximum absolute atomic E-state index is 10.6. The number of benzene rings is 1. The summed E-state index contributed by atoms with van der Waals surface area (Å²) in [6.07, 6.45) is 17.9. The van der Waals surface area contributed by atoms with Crippen molar-refractivity contribution in [1.29, 1.82) is 0 Å². The second kappa shape index (κ2) is 15.5. The summed E-state index contributed by atoms with van der Waals surface area (Å²) in [4.78, 5) is 10.6. The van der Waals surface area contributed by atoms with Gasteiger partial charge in [0.25, 0.3) is 5.79 Å². The molecule has 160 valence electrons. The summed E-state index contributed by atoms with van der Waals surface area (Å²) in [5.74, 6) is -4.11. The van der Waals surface area contributed by atoms with Gasteiger partial charge in [0, 0.05) is 6.42 Å². The zero-order chi connectivity index (χ0) is 20.5. The Labute approximate surface area is 171 Å². The maximum atomic E-state index is 10.6. The van der Waals surface area contributed by atoms with Crippen molar-refractivity contribution in [3.05, 3.63) is 35.9 Å². The molecular formula is C24H40O4. The zero-order valence-electron chi connectivity index (χ0n) is 17.5. The highest BCUT2D eigenvalue weighted by molar-refractivity contribution is 5.74. The van der Waals surface area contributed by atoms with Crippen molar-refractivity contribution < 1.29 is 20.1 Å². The highest BCUT2D eigenvalue weighted by Crippen LogP contribution is 2.16. The van der Waals surface area contributed by atoms with E-state index in [-0.39, 0.29) is 6.42 Å². The van der Waals surface area contributed by atoms with E-state index in [1.54, 1.807) is 0 Å². The fourth-order valence-electron chi connectivity index (χ4n) is 3.57. The molecular weight excluding hydrogens is 352 g/mol. The second-order valence-electron chi connectivity index (χ2n) is 8.06. The molecule has 1 aromatic rings. The standard InChI is InChI=1S/C24H40O4/c25-23(26)24(27,28)21-17-12-10-8-6-4-2-1-3-5-7-9-11-14-18-22-19-15-13-16-20-22/h13,15-16,19-20,27-28H,1-12,14,17-18,21H2,(H,25,26). The van der Waals surface area contributed by atoms with Gasteiger partial charge in [-0.25, -0.2) is 4.79 Å². The first-order valence-corrected chi connectivity index (χ1v) is 11.2. The number of rotatable bonds is 18. The van der Waals surface area contributed by atoms with Gasteiger partial charge in [0.15, 0.2) is 0 Å². The van der Waals surface area contributed by atoms with E-state index >= 15 is 0 Å². The molecule has 0 spiro atoms. The van der Waals surface area contributed by atoms with E-state index < -0.39 is 11.8 Å². The summed E-state index contributed by atoms with van der Waals surface area (Å²) in [6.45, 7) is 0. The molecule has 0 amide bonds. The number of carboxylic acids is 1. The Hall–Kier alpha value is -1.39. The SMILES string of the molecule is O=C(O)C(O)(O)CCCCCCCCCCCCCCCCc1ccccc1. The predicted molar refractivity (Wildman–Crippen MR) is 114 cm³/mol. The molecule has 1 rings (SSSR count). The predicted octanol–water partition coefficient (Wildman–Crippen LogP) is 5.85. The second-order valence-corrected chi connectivity index (χ2v) is 8.06. The maximum Gasteiger partial charge on any atom is 0.364 e. The molecule has 28 heavy (non-hydrogen) atoms. The quantitative estimate of drug-likeness (QED) is 0.216. The lowest BCUT2D eigenvalue weighted by atomic mass is 10.0. The molecule has 0 unspecified atom stereocenters. The number of carbonyl (C=O) groups is 1. The van der Waals surface area contributed by atoms with Crippen LogP contribution in [0, 0.1) is 0 Å². The Morgan fingerprint density at radius 2 is 1.04 bits per heavy atom. The van der Waals surface area contributed by atoms with Crippen LogP contribution in [0.2, 0.25) is 0 Å².